The van der Waals surface area contributed by atoms with E-state index in [1.54, 1.807) is 6.07 Å². The fourth-order valence-corrected chi connectivity index (χ4v) is 3.71. The van der Waals surface area contributed by atoms with Crippen molar-refractivity contribution in [2.45, 2.75) is 24.9 Å². The molecule has 0 radical (unpaired) electrons. The molecule has 4 rings (SSSR count). The smallest absolute Gasteiger partial charge is 0.253 e. The molecule has 134 valence electrons. The van der Waals surface area contributed by atoms with Crippen LogP contribution in [0.25, 0.3) is 11.0 Å². The minimum atomic E-state index is -0.351. The number of morpholine rings is 1. The Morgan fingerprint density at radius 2 is 2.12 bits per heavy atom. The van der Waals surface area contributed by atoms with Crippen molar-refractivity contribution >= 4 is 16.9 Å². The zero-order valence-electron chi connectivity index (χ0n) is 14.4. The van der Waals surface area contributed by atoms with E-state index in [0.717, 1.165) is 30.7 Å². The summed E-state index contributed by atoms with van der Waals surface area (Å²) in [7, 11) is 2.01. The van der Waals surface area contributed by atoms with E-state index in [1.807, 2.05) is 18.0 Å². The summed E-state index contributed by atoms with van der Waals surface area (Å²) in [5.74, 6) is 0.832. The molecule has 1 aromatic carbocycles. The second-order valence-corrected chi connectivity index (χ2v) is 6.98. The number of amides is 1. The number of para-hydroxylation sites is 1. The van der Waals surface area contributed by atoms with Crippen LogP contribution in [-0.4, -0.2) is 71.6 Å². The van der Waals surface area contributed by atoms with E-state index in [4.69, 9.17) is 4.74 Å². The molecule has 1 unspecified atom stereocenters. The Morgan fingerprint density at radius 3 is 2.84 bits per heavy atom. The van der Waals surface area contributed by atoms with Gasteiger partial charge in [-0.15, -0.1) is 0 Å². The van der Waals surface area contributed by atoms with Gasteiger partial charge in [0.25, 0.3) is 5.91 Å². The third-order valence-corrected chi connectivity index (χ3v) is 5.22. The first-order chi connectivity index (χ1) is 12.1. The van der Waals surface area contributed by atoms with Crippen molar-refractivity contribution in [2.24, 2.45) is 0 Å². The van der Waals surface area contributed by atoms with Crippen LogP contribution in [0.5, 0.6) is 0 Å². The van der Waals surface area contributed by atoms with Gasteiger partial charge in [0.1, 0.15) is 17.4 Å². The normalized spacial score (nSPS) is 23.3. The predicted molar refractivity (Wildman–Crippen MR) is 91.8 cm³/mol. The second-order valence-electron chi connectivity index (χ2n) is 6.98. The van der Waals surface area contributed by atoms with Crippen molar-refractivity contribution < 1.29 is 13.9 Å². The molecule has 2 aliphatic rings. The van der Waals surface area contributed by atoms with E-state index >= 15 is 0 Å². The Morgan fingerprint density at radius 1 is 1.32 bits per heavy atom. The van der Waals surface area contributed by atoms with Gasteiger partial charge in [-0.1, -0.05) is 6.07 Å². The van der Waals surface area contributed by atoms with Crippen LogP contribution < -0.4 is 0 Å². The Hall–Kier alpha value is -1.99. The first-order valence-electron chi connectivity index (χ1n) is 8.85. The van der Waals surface area contributed by atoms with Crippen LogP contribution in [0.1, 0.15) is 24.6 Å². The van der Waals surface area contributed by atoms with Gasteiger partial charge in [0, 0.05) is 32.1 Å². The van der Waals surface area contributed by atoms with Crippen molar-refractivity contribution in [3.05, 3.63) is 29.8 Å². The number of nitrogens with zero attached hydrogens (tertiary/aromatic N) is 3. The van der Waals surface area contributed by atoms with E-state index in [9.17, 15) is 9.18 Å². The Labute approximate surface area is 146 Å². The summed E-state index contributed by atoms with van der Waals surface area (Å²) in [5, 5.41) is 0. The molecule has 0 saturated carbocycles. The molecule has 1 N–H and O–H groups in total. The van der Waals surface area contributed by atoms with Crippen LogP contribution in [0.2, 0.25) is 0 Å². The number of benzene rings is 1. The lowest BCUT2D eigenvalue weighted by molar-refractivity contribution is -0.149. The zero-order valence-corrected chi connectivity index (χ0v) is 14.4. The number of nitrogens with one attached hydrogen (secondary N) is 1. The minimum absolute atomic E-state index is 0.0839. The lowest BCUT2D eigenvalue weighted by atomic mass is 9.95. The number of likely N-dealkylation sites (tertiary alicyclic amines) is 1. The Balaban J connectivity index is 1.40. The van der Waals surface area contributed by atoms with Crippen LogP contribution in [0, 0.1) is 5.82 Å². The number of ether oxygens (including phenoxy) is 1. The average molecular weight is 346 g/mol. The fraction of sp³-hybridized carbons (Fsp3) is 0.556. The maximum atomic E-state index is 13.8. The van der Waals surface area contributed by atoms with Crippen LogP contribution in [0.4, 0.5) is 4.39 Å². The highest BCUT2D eigenvalue weighted by atomic mass is 19.1. The molecule has 2 fully saturated rings. The molecule has 7 heteroatoms. The summed E-state index contributed by atoms with van der Waals surface area (Å²) in [5.41, 5.74) is 1.13. The van der Waals surface area contributed by atoms with Gasteiger partial charge >= 0.3 is 0 Å². The maximum Gasteiger partial charge on any atom is 0.253 e. The van der Waals surface area contributed by atoms with Gasteiger partial charge in [-0.2, -0.15) is 0 Å². The molecular formula is C18H23FN4O2. The number of hydrogen-bond acceptors (Lipinski definition) is 4. The van der Waals surface area contributed by atoms with Crippen LogP contribution in [-0.2, 0) is 9.53 Å². The van der Waals surface area contributed by atoms with Gasteiger partial charge in [-0.05, 0) is 32.0 Å². The number of aromatic amines is 1. The van der Waals surface area contributed by atoms with Gasteiger partial charge in [-0.3, -0.25) is 4.79 Å². The summed E-state index contributed by atoms with van der Waals surface area (Å²) < 4.78 is 19.5. The molecule has 0 bridgehead atoms. The largest absolute Gasteiger partial charge is 0.366 e. The SMILES string of the molecule is CN1CCOC(C(=O)N2CCC(c3nc4c(F)cccc4[nH]3)CC2)C1. The number of likely N-dealkylation sites (N-methyl/N-ethyl adjacent to an activating group) is 1. The molecule has 2 aromatic rings. The van der Waals surface area contributed by atoms with E-state index in [2.05, 4.69) is 14.9 Å². The molecule has 1 atom stereocenters. The summed E-state index contributed by atoms with van der Waals surface area (Å²) in [4.78, 5) is 24.3. The summed E-state index contributed by atoms with van der Waals surface area (Å²) >= 11 is 0. The molecule has 2 saturated heterocycles. The molecule has 2 aliphatic heterocycles. The summed E-state index contributed by atoms with van der Waals surface area (Å²) in [6, 6.07) is 4.95. The van der Waals surface area contributed by atoms with Crippen LogP contribution in [0.15, 0.2) is 18.2 Å². The minimum Gasteiger partial charge on any atom is -0.366 e. The number of fused-ring (bicyclic) bond motifs is 1. The highest BCUT2D eigenvalue weighted by Crippen LogP contribution is 2.29. The number of carbonyl (C=O) groups excluding carboxylic acids is 1. The summed E-state index contributed by atoms with van der Waals surface area (Å²) in [6.07, 6.45) is 1.31. The number of halogens is 1. The van der Waals surface area contributed by atoms with E-state index in [0.29, 0.717) is 31.8 Å². The van der Waals surface area contributed by atoms with E-state index in [1.165, 1.54) is 6.07 Å². The third kappa shape index (κ3) is 3.26. The number of carbonyl (C=O) groups is 1. The highest BCUT2D eigenvalue weighted by molar-refractivity contribution is 5.81. The molecule has 0 spiro atoms. The summed E-state index contributed by atoms with van der Waals surface area (Å²) in [6.45, 7) is 3.50. The number of hydrogen-bond donors (Lipinski definition) is 1. The van der Waals surface area contributed by atoms with Crippen molar-refractivity contribution in [3.63, 3.8) is 0 Å². The third-order valence-electron chi connectivity index (χ3n) is 5.22. The van der Waals surface area contributed by atoms with Gasteiger partial charge in [0.15, 0.2) is 5.82 Å². The predicted octanol–water partition coefficient (Wildman–Crippen LogP) is 1.74. The quantitative estimate of drug-likeness (QED) is 0.900. The molecule has 3 heterocycles. The van der Waals surface area contributed by atoms with Crippen molar-refractivity contribution in [3.8, 4) is 0 Å². The average Bonchev–Trinajstić information content (AvgIpc) is 3.07. The van der Waals surface area contributed by atoms with Gasteiger partial charge in [0.2, 0.25) is 0 Å². The zero-order chi connectivity index (χ0) is 17.4. The van der Waals surface area contributed by atoms with Gasteiger partial charge < -0.3 is 19.5 Å². The van der Waals surface area contributed by atoms with Gasteiger partial charge in [0.05, 0.1) is 12.1 Å². The van der Waals surface area contributed by atoms with Gasteiger partial charge in [-0.25, -0.2) is 9.37 Å². The number of piperidine rings is 1. The monoisotopic (exact) mass is 346 g/mol. The molecule has 1 aromatic heterocycles. The van der Waals surface area contributed by atoms with E-state index in [-0.39, 0.29) is 23.7 Å². The molecular weight excluding hydrogens is 323 g/mol. The molecule has 1 amide bonds. The number of H-pyrrole nitrogens is 1. The number of rotatable bonds is 2. The van der Waals surface area contributed by atoms with Crippen molar-refractivity contribution in [1.29, 1.82) is 0 Å². The van der Waals surface area contributed by atoms with Crippen LogP contribution >= 0.6 is 0 Å². The molecule has 6 nitrogen and oxygen atoms in total. The first-order valence-corrected chi connectivity index (χ1v) is 8.85. The lowest BCUT2D eigenvalue weighted by Crippen LogP contribution is -2.51. The highest BCUT2D eigenvalue weighted by Gasteiger charge is 2.32. The van der Waals surface area contributed by atoms with Crippen molar-refractivity contribution in [1.82, 2.24) is 19.8 Å². The van der Waals surface area contributed by atoms with Crippen LogP contribution in [0.3, 0.4) is 0 Å². The second kappa shape index (κ2) is 6.72. The number of aromatic nitrogens is 2. The lowest BCUT2D eigenvalue weighted by Gasteiger charge is -2.36. The molecule has 0 aliphatic carbocycles. The van der Waals surface area contributed by atoms with E-state index < -0.39 is 0 Å². The Kier molecular flexibility index (Phi) is 4.43. The fourth-order valence-electron chi connectivity index (χ4n) is 3.71. The number of imidazole rings is 1. The maximum absolute atomic E-state index is 13.8. The standard InChI is InChI=1S/C18H23FN4O2/c1-22-9-10-25-15(11-22)18(24)23-7-5-12(6-8-23)17-20-14-4-2-3-13(19)16(14)21-17/h2-4,12,15H,5-11H2,1H3,(H,20,21). The first kappa shape index (κ1) is 16.5. The topological polar surface area (TPSA) is 61.5 Å². The Bertz CT molecular complexity index is 770. The van der Waals surface area contributed by atoms with Crippen molar-refractivity contribution in [2.75, 3.05) is 39.8 Å². The molecule has 25 heavy (non-hydrogen) atoms.